The smallest absolute Gasteiger partial charge is 0.166 e. The number of hydrogen-bond donors (Lipinski definition) is 2. The van der Waals surface area contributed by atoms with Gasteiger partial charge >= 0.3 is 0 Å². The van der Waals surface area contributed by atoms with E-state index in [1.54, 1.807) is 0 Å². The largest absolute Gasteiger partial charge is 0.366 e. The molecule has 0 unspecified atom stereocenters. The van der Waals surface area contributed by atoms with Gasteiger partial charge in [-0.05, 0) is 43.8 Å². The maximum atomic E-state index is 5.23. The quantitative estimate of drug-likeness (QED) is 0.768. The lowest BCUT2D eigenvalue weighted by Crippen LogP contribution is -2.58. The van der Waals surface area contributed by atoms with Crippen LogP contribution in [-0.4, -0.2) is 41.7 Å². The predicted octanol–water partition coefficient (Wildman–Crippen LogP) is 2.12. The van der Waals surface area contributed by atoms with Gasteiger partial charge in [0, 0.05) is 31.7 Å². The third-order valence-electron chi connectivity index (χ3n) is 4.26. The fourth-order valence-electron chi connectivity index (χ4n) is 3.57. The molecule has 2 aliphatic rings. The second-order valence-corrected chi connectivity index (χ2v) is 6.63. The molecule has 0 aromatic rings. The minimum absolute atomic E-state index is 0.573. The van der Waals surface area contributed by atoms with E-state index in [1.165, 1.54) is 38.6 Å². The second kappa shape index (κ2) is 6.20. The molecule has 0 amide bonds. The van der Waals surface area contributed by atoms with Crippen LogP contribution in [0.4, 0.5) is 0 Å². The topological polar surface area (TPSA) is 27.3 Å². The summed E-state index contributed by atoms with van der Waals surface area (Å²) in [5.74, 6) is 0.774. The van der Waals surface area contributed by atoms with Gasteiger partial charge in [-0.2, -0.15) is 0 Å². The molecule has 18 heavy (non-hydrogen) atoms. The SMILES string of the molecule is CNC(=S)NC1C[C@@H]2CCC[C@@H](C1)N2CC(C)C. The number of hydrogen-bond acceptors (Lipinski definition) is 2. The Hall–Kier alpha value is -0.350. The Balaban J connectivity index is 1.95. The first-order valence-electron chi connectivity index (χ1n) is 7.34. The highest BCUT2D eigenvalue weighted by Gasteiger charge is 2.38. The summed E-state index contributed by atoms with van der Waals surface area (Å²) in [4.78, 5) is 2.77. The van der Waals surface area contributed by atoms with E-state index in [-0.39, 0.29) is 0 Å². The Morgan fingerprint density at radius 1 is 1.28 bits per heavy atom. The molecule has 2 fully saturated rings. The molecule has 0 aromatic carbocycles. The van der Waals surface area contributed by atoms with E-state index >= 15 is 0 Å². The molecule has 2 saturated heterocycles. The van der Waals surface area contributed by atoms with E-state index in [0.717, 1.165) is 23.1 Å². The van der Waals surface area contributed by atoms with Crippen molar-refractivity contribution in [2.75, 3.05) is 13.6 Å². The molecule has 2 bridgehead atoms. The third kappa shape index (κ3) is 3.35. The highest BCUT2D eigenvalue weighted by Crippen LogP contribution is 2.34. The van der Waals surface area contributed by atoms with Crippen LogP contribution >= 0.6 is 12.2 Å². The van der Waals surface area contributed by atoms with Gasteiger partial charge in [0.25, 0.3) is 0 Å². The monoisotopic (exact) mass is 269 g/mol. The van der Waals surface area contributed by atoms with Crippen LogP contribution in [0, 0.1) is 5.92 Å². The number of fused-ring (bicyclic) bond motifs is 2. The van der Waals surface area contributed by atoms with Crippen molar-refractivity contribution in [2.24, 2.45) is 5.92 Å². The van der Waals surface area contributed by atoms with E-state index in [0.29, 0.717) is 6.04 Å². The summed E-state index contributed by atoms with van der Waals surface area (Å²) in [6, 6.07) is 2.12. The van der Waals surface area contributed by atoms with Gasteiger partial charge in [0.15, 0.2) is 5.11 Å². The first-order chi connectivity index (χ1) is 8.60. The average molecular weight is 269 g/mol. The van der Waals surface area contributed by atoms with Gasteiger partial charge < -0.3 is 10.6 Å². The summed E-state index contributed by atoms with van der Waals surface area (Å²) >= 11 is 5.23. The number of piperidine rings is 2. The Morgan fingerprint density at radius 3 is 2.39 bits per heavy atom. The van der Waals surface area contributed by atoms with Crippen molar-refractivity contribution >= 4 is 17.3 Å². The van der Waals surface area contributed by atoms with Gasteiger partial charge in [-0.15, -0.1) is 0 Å². The molecule has 0 radical (unpaired) electrons. The van der Waals surface area contributed by atoms with Crippen LogP contribution in [0.25, 0.3) is 0 Å². The summed E-state index contributed by atoms with van der Waals surface area (Å²) < 4.78 is 0. The fourth-order valence-corrected chi connectivity index (χ4v) is 3.74. The maximum absolute atomic E-state index is 5.23. The van der Waals surface area contributed by atoms with Crippen molar-refractivity contribution in [2.45, 2.75) is 64.1 Å². The van der Waals surface area contributed by atoms with E-state index in [2.05, 4.69) is 29.4 Å². The second-order valence-electron chi connectivity index (χ2n) is 6.22. The zero-order valence-electron chi connectivity index (χ0n) is 11.9. The van der Waals surface area contributed by atoms with Crippen molar-refractivity contribution in [1.29, 1.82) is 0 Å². The summed E-state index contributed by atoms with van der Waals surface area (Å²) in [6.45, 7) is 5.92. The van der Waals surface area contributed by atoms with Crippen LogP contribution < -0.4 is 10.6 Å². The molecule has 104 valence electrons. The molecule has 0 aliphatic carbocycles. The Morgan fingerprint density at radius 2 is 1.89 bits per heavy atom. The summed E-state index contributed by atoms with van der Waals surface area (Å²) in [7, 11) is 1.89. The highest BCUT2D eigenvalue weighted by atomic mass is 32.1. The highest BCUT2D eigenvalue weighted by molar-refractivity contribution is 7.80. The van der Waals surface area contributed by atoms with Crippen LogP contribution in [0.5, 0.6) is 0 Å². The first-order valence-corrected chi connectivity index (χ1v) is 7.75. The summed E-state index contributed by atoms with van der Waals surface area (Å²) in [5.41, 5.74) is 0. The van der Waals surface area contributed by atoms with Gasteiger partial charge in [0.1, 0.15) is 0 Å². The van der Waals surface area contributed by atoms with Crippen LogP contribution in [-0.2, 0) is 0 Å². The minimum atomic E-state index is 0.573. The molecule has 2 heterocycles. The molecule has 2 aliphatic heterocycles. The number of nitrogens with one attached hydrogen (secondary N) is 2. The van der Waals surface area contributed by atoms with E-state index < -0.39 is 0 Å². The van der Waals surface area contributed by atoms with E-state index in [4.69, 9.17) is 12.2 Å². The van der Waals surface area contributed by atoms with Crippen LogP contribution in [0.15, 0.2) is 0 Å². The van der Waals surface area contributed by atoms with E-state index in [1.807, 2.05) is 7.05 Å². The van der Waals surface area contributed by atoms with Gasteiger partial charge in [0.2, 0.25) is 0 Å². The molecule has 2 atom stereocenters. The minimum Gasteiger partial charge on any atom is -0.366 e. The Kier molecular flexibility index (Phi) is 4.84. The van der Waals surface area contributed by atoms with Crippen molar-refractivity contribution in [3.8, 4) is 0 Å². The molecular weight excluding hydrogens is 242 g/mol. The van der Waals surface area contributed by atoms with Gasteiger partial charge in [0.05, 0.1) is 0 Å². The van der Waals surface area contributed by atoms with Crippen molar-refractivity contribution in [1.82, 2.24) is 15.5 Å². The van der Waals surface area contributed by atoms with Crippen LogP contribution in [0.2, 0.25) is 0 Å². The number of nitrogens with zero attached hydrogens (tertiary/aromatic N) is 1. The predicted molar refractivity (Wildman–Crippen MR) is 80.8 cm³/mol. The Labute approximate surface area is 117 Å². The molecule has 4 heteroatoms. The third-order valence-corrected chi connectivity index (χ3v) is 4.59. The normalized spacial score (nSPS) is 32.3. The molecular formula is C14H27N3S. The lowest BCUT2D eigenvalue weighted by Gasteiger charge is -2.49. The van der Waals surface area contributed by atoms with Gasteiger partial charge in [-0.3, -0.25) is 4.90 Å². The number of rotatable bonds is 3. The lowest BCUT2D eigenvalue weighted by molar-refractivity contribution is 0.0190. The van der Waals surface area contributed by atoms with Crippen molar-refractivity contribution in [3.63, 3.8) is 0 Å². The lowest BCUT2D eigenvalue weighted by atomic mass is 9.81. The standard InChI is InChI=1S/C14H27N3S/c1-10(2)9-17-12-5-4-6-13(17)8-11(7-12)16-14(18)15-3/h10-13H,4-9H2,1-3H3,(H2,15,16,18)/t12-,13-/m0/s1. The molecule has 3 nitrogen and oxygen atoms in total. The molecule has 2 N–H and O–H groups in total. The Bertz CT molecular complexity index is 279. The van der Waals surface area contributed by atoms with Crippen molar-refractivity contribution < 1.29 is 0 Å². The van der Waals surface area contributed by atoms with Crippen LogP contribution in [0.3, 0.4) is 0 Å². The van der Waals surface area contributed by atoms with E-state index in [9.17, 15) is 0 Å². The molecule has 0 saturated carbocycles. The van der Waals surface area contributed by atoms with Gasteiger partial charge in [-0.25, -0.2) is 0 Å². The average Bonchev–Trinajstić information content (AvgIpc) is 2.29. The zero-order valence-corrected chi connectivity index (χ0v) is 12.7. The van der Waals surface area contributed by atoms with Gasteiger partial charge in [-0.1, -0.05) is 20.3 Å². The maximum Gasteiger partial charge on any atom is 0.166 e. The first kappa shape index (κ1) is 14.1. The molecule has 0 aromatic heterocycles. The zero-order chi connectivity index (χ0) is 13.1. The van der Waals surface area contributed by atoms with Crippen LogP contribution in [0.1, 0.15) is 46.0 Å². The molecule has 2 rings (SSSR count). The summed E-state index contributed by atoms with van der Waals surface area (Å²) in [5, 5.41) is 7.29. The van der Waals surface area contributed by atoms with Crippen molar-refractivity contribution in [3.05, 3.63) is 0 Å². The number of thiocarbonyl (C=S) groups is 1. The molecule has 0 spiro atoms. The summed E-state index contributed by atoms with van der Waals surface area (Å²) in [6.07, 6.45) is 6.66. The fraction of sp³-hybridized carbons (Fsp3) is 0.929.